The monoisotopic (exact) mass is 242 g/mol. The second-order valence-electron chi connectivity index (χ2n) is 4.67. The van der Waals surface area contributed by atoms with E-state index in [1.165, 1.54) is 0 Å². The van der Waals surface area contributed by atoms with Crippen LogP contribution in [0.2, 0.25) is 0 Å². The van der Waals surface area contributed by atoms with Crippen LogP contribution in [-0.2, 0) is 0 Å². The fourth-order valence-corrected chi connectivity index (χ4v) is 1.74. The predicted molar refractivity (Wildman–Crippen MR) is 72.8 cm³/mol. The average molecular weight is 242 g/mol. The third kappa shape index (κ3) is 3.11. The topological polar surface area (TPSA) is 29.5 Å². The van der Waals surface area contributed by atoms with E-state index in [4.69, 9.17) is 4.74 Å². The van der Waals surface area contributed by atoms with Crippen LogP contribution in [0, 0.1) is 5.92 Å². The van der Waals surface area contributed by atoms with E-state index in [1.807, 2.05) is 68.4 Å². The van der Waals surface area contributed by atoms with Crippen molar-refractivity contribution in [3.05, 3.63) is 60.2 Å². The quantitative estimate of drug-likeness (QED) is 0.872. The number of aliphatic hydroxyl groups excluding tert-OH is 1. The van der Waals surface area contributed by atoms with Gasteiger partial charge in [0.2, 0.25) is 0 Å². The van der Waals surface area contributed by atoms with Gasteiger partial charge < -0.3 is 9.84 Å². The van der Waals surface area contributed by atoms with Crippen molar-refractivity contribution in [1.29, 1.82) is 0 Å². The van der Waals surface area contributed by atoms with E-state index in [9.17, 15) is 5.11 Å². The summed E-state index contributed by atoms with van der Waals surface area (Å²) in [7, 11) is 0. The summed E-state index contributed by atoms with van der Waals surface area (Å²) < 4.78 is 5.69. The molecule has 1 N–H and O–H groups in total. The summed E-state index contributed by atoms with van der Waals surface area (Å²) in [4.78, 5) is 0. The molecular formula is C16H18O2. The van der Waals surface area contributed by atoms with Crippen molar-refractivity contribution in [2.45, 2.75) is 20.0 Å². The van der Waals surface area contributed by atoms with Gasteiger partial charge in [-0.05, 0) is 35.7 Å². The Balaban J connectivity index is 2.09. The zero-order valence-corrected chi connectivity index (χ0v) is 10.7. The molecule has 0 saturated heterocycles. The van der Waals surface area contributed by atoms with E-state index in [0.717, 1.165) is 17.1 Å². The molecule has 0 spiro atoms. The maximum absolute atomic E-state index is 9.94. The van der Waals surface area contributed by atoms with E-state index in [0.29, 0.717) is 0 Å². The number of rotatable bonds is 4. The fraction of sp³-hybridized carbons (Fsp3) is 0.250. The van der Waals surface area contributed by atoms with Crippen molar-refractivity contribution in [2.24, 2.45) is 5.92 Å². The summed E-state index contributed by atoms with van der Waals surface area (Å²) >= 11 is 0. The summed E-state index contributed by atoms with van der Waals surface area (Å²) in [6.07, 6.45) is -0.421. The third-order valence-electron chi connectivity index (χ3n) is 2.83. The van der Waals surface area contributed by atoms with Crippen molar-refractivity contribution in [1.82, 2.24) is 0 Å². The lowest BCUT2D eigenvalue weighted by Gasteiger charge is -2.15. The van der Waals surface area contributed by atoms with Crippen LogP contribution in [0.25, 0.3) is 0 Å². The van der Waals surface area contributed by atoms with Gasteiger partial charge in [-0.2, -0.15) is 0 Å². The van der Waals surface area contributed by atoms with Crippen molar-refractivity contribution < 1.29 is 9.84 Å². The minimum Gasteiger partial charge on any atom is -0.457 e. The van der Waals surface area contributed by atoms with Gasteiger partial charge in [-0.25, -0.2) is 0 Å². The maximum Gasteiger partial charge on any atom is 0.127 e. The Morgan fingerprint density at radius 1 is 0.833 bits per heavy atom. The van der Waals surface area contributed by atoms with Gasteiger partial charge in [0.1, 0.15) is 11.5 Å². The molecular weight excluding hydrogens is 224 g/mol. The van der Waals surface area contributed by atoms with Gasteiger partial charge in [0, 0.05) is 0 Å². The molecule has 0 bridgehead atoms. The number of hydrogen-bond donors (Lipinski definition) is 1. The van der Waals surface area contributed by atoms with Crippen LogP contribution >= 0.6 is 0 Å². The Morgan fingerprint density at radius 3 is 1.94 bits per heavy atom. The van der Waals surface area contributed by atoms with Crippen LogP contribution in [0.3, 0.4) is 0 Å². The molecule has 0 heterocycles. The summed E-state index contributed by atoms with van der Waals surface area (Å²) in [6.45, 7) is 4.00. The van der Waals surface area contributed by atoms with Gasteiger partial charge in [-0.3, -0.25) is 0 Å². The second-order valence-corrected chi connectivity index (χ2v) is 4.67. The van der Waals surface area contributed by atoms with Crippen LogP contribution in [0.15, 0.2) is 54.6 Å². The van der Waals surface area contributed by atoms with E-state index < -0.39 is 6.10 Å². The zero-order valence-electron chi connectivity index (χ0n) is 10.7. The first-order chi connectivity index (χ1) is 8.66. The lowest BCUT2D eigenvalue weighted by molar-refractivity contribution is 0.127. The highest BCUT2D eigenvalue weighted by atomic mass is 16.5. The minimum absolute atomic E-state index is 0.214. The molecule has 0 fully saturated rings. The maximum atomic E-state index is 9.94. The molecule has 18 heavy (non-hydrogen) atoms. The smallest absolute Gasteiger partial charge is 0.127 e. The van der Waals surface area contributed by atoms with E-state index in [2.05, 4.69) is 0 Å². The molecule has 1 atom stereocenters. The van der Waals surface area contributed by atoms with Gasteiger partial charge in [-0.1, -0.05) is 44.2 Å². The van der Waals surface area contributed by atoms with Gasteiger partial charge in [0.05, 0.1) is 6.10 Å². The van der Waals surface area contributed by atoms with Gasteiger partial charge in [0.25, 0.3) is 0 Å². The van der Waals surface area contributed by atoms with Crippen molar-refractivity contribution in [3.8, 4) is 11.5 Å². The van der Waals surface area contributed by atoms with E-state index >= 15 is 0 Å². The molecule has 0 aliphatic heterocycles. The van der Waals surface area contributed by atoms with Gasteiger partial charge in [0.15, 0.2) is 0 Å². The van der Waals surface area contributed by atoms with Crippen molar-refractivity contribution in [2.75, 3.05) is 0 Å². The highest BCUT2D eigenvalue weighted by Crippen LogP contribution is 2.25. The van der Waals surface area contributed by atoms with Crippen LogP contribution in [0.1, 0.15) is 25.5 Å². The number of aliphatic hydroxyl groups is 1. The lowest BCUT2D eigenvalue weighted by atomic mass is 9.99. The molecule has 2 aromatic carbocycles. The molecule has 0 aromatic heterocycles. The standard InChI is InChI=1S/C16H18O2/c1-12(2)16(17)13-8-10-15(11-9-13)18-14-6-4-3-5-7-14/h3-12,16-17H,1-2H3. The van der Waals surface area contributed by atoms with Crippen LogP contribution in [0.4, 0.5) is 0 Å². The largest absolute Gasteiger partial charge is 0.457 e. The second kappa shape index (κ2) is 5.69. The molecule has 0 saturated carbocycles. The first-order valence-corrected chi connectivity index (χ1v) is 6.18. The Labute approximate surface area is 108 Å². The molecule has 2 nitrogen and oxygen atoms in total. The highest BCUT2D eigenvalue weighted by molar-refractivity contribution is 5.33. The molecule has 94 valence electrons. The Hall–Kier alpha value is -1.80. The Morgan fingerprint density at radius 2 is 1.39 bits per heavy atom. The molecule has 2 aromatic rings. The van der Waals surface area contributed by atoms with Gasteiger partial charge in [-0.15, -0.1) is 0 Å². The van der Waals surface area contributed by atoms with Gasteiger partial charge >= 0.3 is 0 Å². The molecule has 2 rings (SSSR count). The predicted octanol–water partition coefficient (Wildman–Crippen LogP) is 4.17. The fourth-order valence-electron chi connectivity index (χ4n) is 1.74. The van der Waals surface area contributed by atoms with E-state index in [1.54, 1.807) is 0 Å². The summed E-state index contributed by atoms with van der Waals surface area (Å²) in [6, 6.07) is 17.2. The first-order valence-electron chi connectivity index (χ1n) is 6.18. The van der Waals surface area contributed by atoms with Crippen LogP contribution in [-0.4, -0.2) is 5.11 Å². The lowest BCUT2D eigenvalue weighted by Crippen LogP contribution is -2.04. The summed E-state index contributed by atoms with van der Waals surface area (Å²) in [5.41, 5.74) is 0.922. The molecule has 0 radical (unpaired) electrons. The number of para-hydroxylation sites is 1. The molecule has 0 aliphatic carbocycles. The molecule has 0 amide bonds. The SMILES string of the molecule is CC(C)C(O)c1ccc(Oc2ccccc2)cc1. The summed E-state index contributed by atoms with van der Waals surface area (Å²) in [5, 5.41) is 9.94. The highest BCUT2D eigenvalue weighted by Gasteiger charge is 2.11. The number of benzene rings is 2. The normalized spacial score (nSPS) is 12.4. The average Bonchev–Trinajstić information content (AvgIpc) is 2.40. The number of ether oxygens (including phenoxy) is 1. The summed E-state index contributed by atoms with van der Waals surface area (Å²) in [5.74, 6) is 1.81. The van der Waals surface area contributed by atoms with Crippen molar-refractivity contribution in [3.63, 3.8) is 0 Å². The van der Waals surface area contributed by atoms with E-state index in [-0.39, 0.29) is 5.92 Å². The third-order valence-corrected chi connectivity index (χ3v) is 2.83. The Bertz CT molecular complexity index is 474. The Kier molecular flexibility index (Phi) is 4.00. The molecule has 0 aliphatic rings. The van der Waals surface area contributed by atoms with Crippen LogP contribution in [0.5, 0.6) is 11.5 Å². The zero-order chi connectivity index (χ0) is 13.0. The van der Waals surface area contributed by atoms with Crippen LogP contribution < -0.4 is 4.74 Å². The number of hydrogen-bond acceptors (Lipinski definition) is 2. The van der Waals surface area contributed by atoms with Crippen molar-refractivity contribution >= 4 is 0 Å². The molecule has 2 heteroatoms. The first kappa shape index (κ1) is 12.7. The molecule has 1 unspecified atom stereocenters. The minimum atomic E-state index is -0.421.